The third kappa shape index (κ3) is 6.15. The second-order valence-electron chi connectivity index (χ2n) is 22.5. The van der Waals surface area contributed by atoms with Crippen molar-refractivity contribution in [1.29, 1.82) is 0 Å². The van der Waals surface area contributed by atoms with Crippen molar-refractivity contribution in [2.24, 2.45) is 0 Å². The molecule has 66 heavy (non-hydrogen) atoms. The van der Waals surface area contributed by atoms with Crippen molar-refractivity contribution in [3.8, 4) is 28.2 Å². The average molecular weight is 860 g/mol. The Labute approximate surface area is 389 Å². The molecule has 0 atom stereocenters. The first kappa shape index (κ1) is 41.8. The highest BCUT2D eigenvalue weighted by Crippen LogP contribution is 2.50. The molecule has 3 aromatic heterocycles. The second kappa shape index (κ2) is 14.1. The fraction of sp³-hybridized carbons (Fsp3) is 0.238. The molecule has 328 valence electrons. The van der Waals surface area contributed by atoms with Crippen molar-refractivity contribution in [3.63, 3.8) is 0 Å². The van der Waals surface area contributed by atoms with Crippen molar-refractivity contribution in [1.82, 2.24) is 13.7 Å². The van der Waals surface area contributed by atoms with Crippen LogP contribution in [0.4, 0.5) is 0 Å². The number of nitrogens with zero attached hydrogens (tertiary/aromatic N) is 3. The van der Waals surface area contributed by atoms with Crippen LogP contribution in [0.25, 0.3) is 95.4 Å². The van der Waals surface area contributed by atoms with E-state index in [0.717, 1.165) is 44.0 Å². The van der Waals surface area contributed by atoms with Crippen LogP contribution < -0.4 is 10.6 Å². The number of allylic oxidation sites excluding steroid dienone is 1. The van der Waals surface area contributed by atoms with Gasteiger partial charge in [-0.15, -0.1) is 0 Å². The van der Waals surface area contributed by atoms with Crippen LogP contribution in [0.3, 0.4) is 0 Å². The van der Waals surface area contributed by atoms with Gasteiger partial charge in [0.15, 0.2) is 0 Å². The SMILES string of the molecule is C=C/C=c1\c(=C)c2cc(C(C)(C)C)ccc2n1-c1ccc2c3ccc(-n4c5ccc(C(C)(C)C)cc5c5cc(C(C)(C)C)ccc54)cc3n(-c3ccc4c(c3)C(C)(C)c3ccccc3-4)c2c1. The number of benzene rings is 7. The lowest BCUT2D eigenvalue weighted by Gasteiger charge is -2.22. The Morgan fingerprint density at radius 2 is 0.864 bits per heavy atom. The summed E-state index contributed by atoms with van der Waals surface area (Å²) in [5, 5.41) is 8.24. The summed E-state index contributed by atoms with van der Waals surface area (Å²) in [4.78, 5) is 0. The van der Waals surface area contributed by atoms with Gasteiger partial charge in [0.05, 0.1) is 32.9 Å². The standard InChI is InChI=1S/C63H61N3/c1-14-17-54-38(2)49-32-39(60(3,4)5)20-29-55(49)64(54)43-24-27-47-48-28-25-44(65-56-30-21-40(61(6,7)8)33-50(56)51-34-41(62(9,10)11)22-31-57(51)65)37-59(48)66(58(47)36-43)42-23-26-46-45-18-15-16-19-52(45)63(12,13)53(46)35-42/h14-37H,1-2H2,3-13H3/b54-17+. The summed E-state index contributed by atoms with van der Waals surface area (Å²) in [7, 11) is 0. The van der Waals surface area contributed by atoms with Crippen LogP contribution in [0.15, 0.2) is 146 Å². The van der Waals surface area contributed by atoms with E-state index in [1.807, 2.05) is 6.08 Å². The molecule has 0 aliphatic heterocycles. The molecule has 0 saturated carbocycles. The number of hydrogen-bond acceptors (Lipinski definition) is 0. The summed E-state index contributed by atoms with van der Waals surface area (Å²) in [6.07, 6.45) is 3.99. The van der Waals surface area contributed by atoms with E-state index in [-0.39, 0.29) is 21.7 Å². The summed E-state index contributed by atoms with van der Waals surface area (Å²) in [6.45, 7) is 34.2. The maximum Gasteiger partial charge on any atom is 0.0561 e. The molecule has 0 N–H and O–H groups in total. The molecule has 0 bridgehead atoms. The Balaban J connectivity index is 1.21. The Kier molecular flexibility index (Phi) is 8.93. The molecule has 3 nitrogen and oxygen atoms in total. The van der Waals surface area contributed by atoms with E-state index in [1.54, 1.807) is 0 Å². The summed E-state index contributed by atoms with van der Waals surface area (Å²) in [6, 6.07) is 51.3. The van der Waals surface area contributed by atoms with Crippen molar-refractivity contribution in [3.05, 3.63) is 185 Å². The minimum absolute atomic E-state index is 0.0134. The number of aromatic nitrogens is 3. The van der Waals surface area contributed by atoms with E-state index in [1.165, 1.54) is 77.0 Å². The van der Waals surface area contributed by atoms with Gasteiger partial charge in [0, 0.05) is 54.6 Å². The Bertz CT molecular complexity index is 3740. The maximum absolute atomic E-state index is 4.67. The average Bonchev–Trinajstić information content (AvgIpc) is 3.94. The van der Waals surface area contributed by atoms with Crippen molar-refractivity contribution in [2.75, 3.05) is 0 Å². The minimum Gasteiger partial charge on any atom is -0.309 e. The molecule has 11 rings (SSSR count). The molecule has 3 heterocycles. The van der Waals surface area contributed by atoms with E-state index in [9.17, 15) is 0 Å². The summed E-state index contributed by atoms with van der Waals surface area (Å²) in [5.41, 5.74) is 18.5. The topological polar surface area (TPSA) is 14.8 Å². The predicted molar refractivity (Wildman–Crippen MR) is 285 cm³/mol. The number of fused-ring (bicyclic) bond motifs is 10. The van der Waals surface area contributed by atoms with Gasteiger partial charge < -0.3 is 13.7 Å². The molecular formula is C63H61N3. The van der Waals surface area contributed by atoms with Gasteiger partial charge in [-0.3, -0.25) is 0 Å². The zero-order valence-corrected chi connectivity index (χ0v) is 40.6. The molecule has 1 aliphatic carbocycles. The van der Waals surface area contributed by atoms with Gasteiger partial charge in [-0.1, -0.05) is 156 Å². The lowest BCUT2D eigenvalue weighted by Crippen LogP contribution is -2.27. The monoisotopic (exact) mass is 859 g/mol. The molecule has 1 aliphatic rings. The maximum atomic E-state index is 4.67. The van der Waals surface area contributed by atoms with E-state index in [4.69, 9.17) is 0 Å². The van der Waals surface area contributed by atoms with Crippen molar-refractivity contribution in [2.45, 2.75) is 97.8 Å². The first-order valence-corrected chi connectivity index (χ1v) is 23.7. The third-order valence-corrected chi connectivity index (χ3v) is 14.8. The predicted octanol–water partition coefficient (Wildman–Crippen LogP) is 15.4. The molecule has 0 unspecified atom stereocenters. The van der Waals surface area contributed by atoms with E-state index >= 15 is 0 Å². The molecule has 0 saturated heterocycles. The van der Waals surface area contributed by atoms with Crippen LogP contribution in [0, 0.1) is 0 Å². The van der Waals surface area contributed by atoms with Crippen LogP contribution in [0.1, 0.15) is 104 Å². The fourth-order valence-electron chi connectivity index (χ4n) is 11.0. The van der Waals surface area contributed by atoms with E-state index < -0.39 is 0 Å². The van der Waals surface area contributed by atoms with Gasteiger partial charge in [-0.05, 0) is 134 Å². The van der Waals surface area contributed by atoms with Crippen LogP contribution >= 0.6 is 0 Å². The molecule has 3 heteroatoms. The van der Waals surface area contributed by atoms with Gasteiger partial charge in [0.1, 0.15) is 0 Å². The molecule has 0 fully saturated rings. The Hall–Kier alpha value is -6.84. The highest BCUT2D eigenvalue weighted by Gasteiger charge is 2.35. The van der Waals surface area contributed by atoms with Gasteiger partial charge in [-0.2, -0.15) is 0 Å². The van der Waals surface area contributed by atoms with Gasteiger partial charge in [0.25, 0.3) is 0 Å². The van der Waals surface area contributed by atoms with E-state index in [2.05, 4.69) is 243 Å². The van der Waals surface area contributed by atoms with Crippen LogP contribution in [0.5, 0.6) is 0 Å². The van der Waals surface area contributed by atoms with Gasteiger partial charge in [-0.25, -0.2) is 0 Å². The number of hydrogen-bond donors (Lipinski definition) is 0. The van der Waals surface area contributed by atoms with Crippen molar-refractivity contribution >= 4 is 67.2 Å². The zero-order chi connectivity index (χ0) is 46.4. The normalized spacial score (nSPS) is 14.3. The lowest BCUT2D eigenvalue weighted by molar-refractivity contribution is 0.590. The second-order valence-corrected chi connectivity index (χ2v) is 22.5. The minimum atomic E-state index is -0.145. The highest BCUT2D eigenvalue weighted by molar-refractivity contribution is 6.13. The highest BCUT2D eigenvalue weighted by atomic mass is 15.0. The third-order valence-electron chi connectivity index (χ3n) is 14.8. The quantitative estimate of drug-likeness (QED) is 0.167. The lowest BCUT2D eigenvalue weighted by atomic mass is 9.82. The Morgan fingerprint density at radius 1 is 0.424 bits per heavy atom. The fourth-order valence-corrected chi connectivity index (χ4v) is 11.0. The van der Waals surface area contributed by atoms with Crippen LogP contribution in [-0.2, 0) is 21.7 Å². The summed E-state index contributed by atoms with van der Waals surface area (Å²) < 4.78 is 7.38. The van der Waals surface area contributed by atoms with Gasteiger partial charge in [0.2, 0.25) is 0 Å². The molecular weight excluding hydrogens is 799 g/mol. The van der Waals surface area contributed by atoms with Crippen LogP contribution in [0.2, 0.25) is 0 Å². The molecule has 0 radical (unpaired) electrons. The van der Waals surface area contributed by atoms with Crippen molar-refractivity contribution < 1.29 is 0 Å². The smallest absolute Gasteiger partial charge is 0.0561 e. The van der Waals surface area contributed by atoms with Gasteiger partial charge >= 0.3 is 0 Å². The molecule has 0 amide bonds. The zero-order valence-electron chi connectivity index (χ0n) is 40.6. The Morgan fingerprint density at radius 3 is 1.39 bits per heavy atom. The first-order valence-electron chi connectivity index (χ1n) is 23.7. The van der Waals surface area contributed by atoms with E-state index in [0.29, 0.717) is 0 Å². The first-order chi connectivity index (χ1) is 31.3. The molecule has 7 aromatic carbocycles. The summed E-state index contributed by atoms with van der Waals surface area (Å²) >= 11 is 0. The largest absolute Gasteiger partial charge is 0.309 e. The molecule has 0 spiro atoms. The number of rotatable bonds is 4. The van der Waals surface area contributed by atoms with Crippen LogP contribution in [-0.4, -0.2) is 13.7 Å². The molecule has 10 aromatic rings. The summed E-state index contributed by atoms with van der Waals surface area (Å²) in [5.74, 6) is 0.